The lowest BCUT2D eigenvalue weighted by atomic mass is 9.65. The SMILES string of the molecule is CN(C)C(=O)[C@H]1CC[C@](C)(C(=O)O)C1(C)C. The molecule has 0 aromatic carbocycles. The normalized spacial score (nSPS) is 32.4. The number of amides is 1. The second-order valence-corrected chi connectivity index (χ2v) is 5.68. The van der Waals surface area contributed by atoms with Gasteiger partial charge in [0.25, 0.3) is 0 Å². The van der Waals surface area contributed by atoms with Crippen molar-refractivity contribution in [3.63, 3.8) is 0 Å². The fourth-order valence-electron chi connectivity index (χ4n) is 2.63. The molecule has 0 saturated heterocycles. The van der Waals surface area contributed by atoms with Gasteiger partial charge >= 0.3 is 5.97 Å². The minimum atomic E-state index is -0.802. The van der Waals surface area contributed by atoms with E-state index in [0.717, 1.165) is 0 Å². The summed E-state index contributed by atoms with van der Waals surface area (Å²) in [7, 11) is 3.43. The molecule has 92 valence electrons. The molecule has 0 aromatic rings. The Morgan fingerprint density at radius 1 is 1.25 bits per heavy atom. The smallest absolute Gasteiger partial charge is 0.309 e. The molecule has 0 heterocycles. The lowest BCUT2D eigenvalue weighted by molar-refractivity contribution is -0.156. The summed E-state index contributed by atoms with van der Waals surface area (Å²) in [6, 6.07) is 0. The van der Waals surface area contributed by atoms with Crippen LogP contribution in [0.25, 0.3) is 0 Å². The van der Waals surface area contributed by atoms with Crippen LogP contribution in [-0.2, 0) is 9.59 Å². The first-order valence-corrected chi connectivity index (χ1v) is 5.59. The number of rotatable bonds is 2. The van der Waals surface area contributed by atoms with E-state index >= 15 is 0 Å². The van der Waals surface area contributed by atoms with Gasteiger partial charge in [0.2, 0.25) is 5.91 Å². The number of hydrogen-bond donors (Lipinski definition) is 1. The van der Waals surface area contributed by atoms with Crippen molar-refractivity contribution in [3.05, 3.63) is 0 Å². The van der Waals surface area contributed by atoms with Crippen molar-refractivity contribution in [2.24, 2.45) is 16.7 Å². The molecule has 4 heteroatoms. The van der Waals surface area contributed by atoms with Gasteiger partial charge in [0, 0.05) is 20.0 Å². The molecule has 0 aliphatic heterocycles. The molecule has 1 aliphatic rings. The quantitative estimate of drug-likeness (QED) is 0.779. The number of carbonyl (C=O) groups is 2. The monoisotopic (exact) mass is 227 g/mol. The summed E-state index contributed by atoms with van der Waals surface area (Å²) in [6.45, 7) is 5.53. The zero-order chi connectivity index (χ0) is 12.7. The molecule has 0 radical (unpaired) electrons. The van der Waals surface area contributed by atoms with Gasteiger partial charge in [0.15, 0.2) is 0 Å². The molecule has 1 rings (SSSR count). The lowest BCUT2D eigenvalue weighted by Crippen LogP contribution is -2.45. The minimum absolute atomic E-state index is 0.0370. The van der Waals surface area contributed by atoms with Crippen molar-refractivity contribution in [2.75, 3.05) is 14.1 Å². The molecule has 0 unspecified atom stereocenters. The first kappa shape index (κ1) is 13.0. The lowest BCUT2D eigenvalue weighted by Gasteiger charge is -2.38. The van der Waals surface area contributed by atoms with Crippen LogP contribution in [0.4, 0.5) is 0 Å². The summed E-state index contributed by atoms with van der Waals surface area (Å²) in [5.74, 6) is -0.954. The highest BCUT2D eigenvalue weighted by Crippen LogP contribution is 2.56. The average Bonchev–Trinajstić information content (AvgIpc) is 2.38. The Bertz CT molecular complexity index is 322. The van der Waals surface area contributed by atoms with Gasteiger partial charge in [-0.15, -0.1) is 0 Å². The van der Waals surface area contributed by atoms with Gasteiger partial charge in [-0.1, -0.05) is 13.8 Å². The van der Waals surface area contributed by atoms with Crippen LogP contribution in [-0.4, -0.2) is 36.0 Å². The van der Waals surface area contributed by atoms with Gasteiger partial charge in [-0.2, -0.15) is 0 Å². The Labute approximate surface area is 96.6 Å². The molecule has 16 heavy (non-hydrogen) atoms. The van der Waals surface area contributed by atoms with Crippen LogP contribution in [0.2, 0.25) is 0 Å². The third kappa shape index (κ3) is 1.60. The van der Waals surface area contributed by atoms with E-state index in [1.807, 2.05) is 13.8 Å². The number of carbonyl (C=O) groups excluding carboxylic acids is 1. The van der Waals surface area contributed by atoms with Gasteiger partial charge in [0.05, 0.1) is 5.41 Å². The fourth-order valence-corrected chi connectivity index (χ4v) is 2.63. The highest BCUT2D eigenvalue weighted by atomic mass is 16.4. The van der Waals surface area contributed by atoms with Crippen LogP contribution >= 0.6 is 0 Å². The fraction of sp³-hybridized carbons (Fsp3) is 0.833. The predicted molar refractivity (Wildman–Crippen MR) is 60.9 cm³/mol. The first-order valence-electron chi connectivity index (χ1n) is 5.59. The van der Waals surface area contributed by atoms with E-state index in [1.165, 1.54) is 0 Å². The Morgan fingerprint density at radius 3 is 2.06 bits per heavy atom. The molecule has 2 atom stereocenters. The highest BCUT2D eigenvalue weighted by Gasteiger charge is 2.58. The highest BCUT2D eigenvalue weighted by molar-refractivity contribution is 5.83. The van der Waals surface area contributed by atoms with E-state index in [1.54, 1.807) is 25.9 Å². The summed E-state index contributed by atoms with van der Waals surface area (Å²) in [6.07, 6.45) is 1.23. The van der Waals surface area contributed by atoms with Crippen molar-refractivity contribution >= 4 is 11.9 Å². The maximum atomic E-state index is 12.0. The molecular weight excluding hydrogens is 206 g/mol. The van der Waals surface area contributed by atoms with Gasteiger partial charge in [-0.3, -0.25) is 9.59 Å². The van der Waals surface area contributed by atoms with Crippen LogP contribution in [0.5, 0.6) is 0 Å². The zero-order valence-corrected chi connectivity index (χ0v) is 10.7. The molecule has 4 nitrogen and oxygen atoms in total. The van der Waals surface area contributed by atoms with Crippen LogP contribution in [0.15, 0.2) is 0 Å². The number of carboxylic acids is 1. The number of aliphatic carboxylic acids is 1. The largest absolute Gasteiger partial charge is 0.481 e. The van der Waals surface area contributed by atoms with Crippen molar-refractivity contribution in [1.82, 2.24) is 4.90 Å². The summed E-state index contributed by atoms with van der Waals surface area (Å²) >= 11 is 0. The van der Waals surface area contributed by atoms with Gasteiger partial charge < -0.3 is 10.0 Å². The van der Waals surface area contributed by atoms with Gasteiger partial charge in [-0.25, -0.2) is 0 Å². The standard InChI is InChI=1S/C12H21NO3/c1-11(2)8(9(14)13(4)5)6-7-12(11,3)10(15)16/h8H,6-7H2,1-5H3,(H,15,16)/t8-,12-/m1/s1. The van der Waals surface area contributed by atoms with E-state index in [9.17, 15) is 14.7 Å². The summed E-state index contributed by atoms with van der Waals surface area (Å²) in [5.41, 5.74) is -1.30. The second kappa shape index (κ2) is 3.75. The molecule has 1 N–H and O–H groups in total. The van der Waals surface area contributed by atoms with Crippen LogP contribution in [0.3, 0.4) is 0 Å². The molecule has 0 spiro atoms. The number of nitrogens with zero attached hydrogens (tertiary/aromatic N) is 1. The van der Waals surface area contributed by atoms with Crippen molar-refractivity contribution in [1.29, 1.82) is 0 Å². The predicted octanol–water partition coefficient (Wildman–Crippen LogP) is 1.60. The topological polar surface area (TPSA) is 57.6 Å². The zero-order valence-electron chi connectivity index (χ0n) is 10.7. The molecule has 1 fully saturated rings. The Morgan fingerprint density at radius 2 is 1.75 bits per heavy atom. The maximum Gasteiger partial charge on any atom is 0.309 e. The van der Waals surface area contributed by atoms with E-state index < -0.39 is 16.8 Å². The first-order chi connectivity index (χ1) is 7.14. The molecule has 1 amide bonds. The van der Waals surface area contributed by atoms with Crippen LogP contribution in [0.1, 0.15) is 33.6 Å². The second-order valence-electron chi connectivity index (χ2n) is 5.68. The third-order valence-electron chi connectivity index (χ3n) is 4.44. The summed E-state index contributed by atoms with van der Waals surface area (Å²) in [4.78, 5) is 24.9. The molecule has 1 aliphatic carbocycles. The van der Waals surface area contributed by atoms with E-state index in [0.29, 0.717) is 12.8 Å². The van der Waals surface area contributed by atoms with Crippen molar-refractivity contribution in [2.45, 2.75) is 33.6 Å². The number of carboxylic acid groups (broad SMARTS) is 1. The Kier molecular flexibility index (Phi) is 3.05. The van der Waals surface area contributed by atoms with Crippen molar-refractivity contribution < 1.29 is 14.7 Å². The van der Waals surface area contributed by atoms with Crippen LogP contribution < -0.4 is 0 Å². The van der Waals surface area contributed by atoms with E-state index in [2.05, 4.69) is 0 Å². The third-order valence-corrected chi connectivity index (χ3v) is 4.44. The maximum absolute atomic E-state index is 12.0. The minimum Gasteiger partial charge on any atom is -0.481 e. The van der Waals surface area contributed by atoms with Crippen molar-refractivity contribution in [3.8, 4) is 0 Å². The van der Waals surface area contributed by atoms with Gasteiger partial charge in [-0.05, 0) is 25.2 Å². The Balaban J connectivity index is 3.05. The van der Waals surface area contributed by atoms with Gasteiger partial charge in [0.1, 0.15) is 0 Å². The average molecular weight is 227 g/mol. The summed E-state index contributed by atoms with van der Waals surface area (Å²) < 4.78 is 0. The molecule has 1 saturated carbocycles. The summed E-state index contributed by atoms with van der Waals surface area (Å²) in [5, 5.41) is 9.32. The van der Waals surface area contributed by atoms with E-state index in [4.69, 9.17) is 0 Å². The molecular formula is C12H21NO3. The number of hydrogen-bond acceptors (Lipinski definition) is 2. The van der Waals surface area contributed by atoms with Crippen LogP contribution in [0, 0.1) is 16.7 Å². The molecule has 0 aromatic heterocycles. The molecule has 0 bridgehead atoms. The Hall–Kier alpha value is -1.06. The van der Waals surface area contributed by atoms with E-state index in [-0.39, 0.29) is 11.8 Å².